The molecule has 3 aromatic rings. The van der Waals surface area contributed by atoms with Gasteiger partial charge in [0.2, 0.25) is 0 Å². The summed E-state index contributed by atoms with van der Waals surface area (Å²) in [6.07, 6.45) is 20.0. The summed E-state index contributed by atoms with van der Waals surface area (Å²) in [4.78, 5) is 2.24. The van der Waals surface area contributed by atoms with Gasteiger partial charge in [0.05, 0.1) is 0 Å². The molecule has 188 valence electrons. The number of anilines is 2. The normalized spacial score (nSPS) is 15.0. The largest absolute Gasteiger partial charge is 0.311 e. The van der Waals surface area contributed by atoms with E-state index in [9.17, 15) is 0 Å². The minimum atomic E-state index is 0.886. The van der Waals surface area contributed by atoms with Crippen LogP contribution in [0.5, 0.6) is 0 Å². The van der Waals surface area contributed by atoms with E-state index in [1.807, 2.05) is 44.2 Å². The molecule has 0 radical (unpaired) electrons. The molecular formula is C35H36BrN. The summed E-state index contributed by atoms with van der Waals surface area (Å²) in [6.45, 7) is 12.1. The van der Waals surface area contributed by atoms with Crippen molar-refractivity contribution in [1.29, 1.82) is 0 Å². The highest BCUT2D eigenvalue weighted by atomic mass is 79.9. The Labute approximate surface area is 232 Å². The topological polar surface area (TPSA) is 3.24 Å². The molecule has 0 saturated carbocycles. The van der Waals surface area contributed by atoms with E-state index >= 15 is 0 Å². The van der Waals surface area contributed by atoms with Gasteiger partial charge in [0.25, 0.3) is 0 Å². The van der Waals surface area contributed by atoms with Crippen LogP contribution in [-0.4, -0.2) is 0 Å². The van der Waals surface area contributed by atoms with E-state index < -0.39 is 0 Å². The fraction of sp³-hybridized carbons (Fsp3) is 0.143. The molecule has 0 aromatic heterocycles. The van der Waals surface area contributed by atoms with Crippen molar-refractivity contribution in [1.82, 2.24) is 0 Å². The van der Waals surface area contributed by atoms with Crippen molar-refractivity contribution < 1.29 is 0 Å². The van der Waals surface area contributed by atoms with Crippen LogP contribution in [0.1, 0.15) is 33.3 Å². The predicted octanol–water partition coefficient (Wildman–Crippen LogP) is 10.6. The Kier molecular flexibility index (Phi) is 12.8. The molecule has 37 heavy (non-hydrogen) atoms. The molecular weight excluding hydrogens is 514 g/mol. The zero-order valence-corrected chi connectivity index (χ0v) is 23.9. The fourth-order valence-corrected chi connectivity index (χ4v) is 4.10. The predicted molar refractivity (Wildman–Crippen MR) is 168 cm³/mol. The summed E-state index contributed by atoms with van der Waals surface area (Å²) in [6, 6.07) is 25.6. The first kappa shape index (κ1) is 29.4. The molecule has 1 aliphatic rings. The van der Waals surface area contributed by atoms with Crippen molar-refractivity contribution in [3.05, 3.63) is 143 Å². The highest BCUT2D eigenvalue weighted by molar-refractivity contribution is 9.10. The van der Waals surface area contributed by atoms with Crippen molar-refractivity contribution in [2.75, 3.05) is 4.90 Å². The molecule has 0 saturated heterocycles. The van der Waals surface area contributed by atoms with Crippen molar-refractivity contribution in [2.45, 2.75) is 34.1 Å². The van der Waals surface area contributed by atoms with Crippen molar-refractivity contribution >= 4 is 27.3 Å². The lowest BCUT2D eigenvalue weighted by atomic mass is 10.0. The maximum Gasteiger partial charge on any atom is 0.0497 e. The van der Waals surface area contributed by atoms with Crippen LogP contribution in [0.4, 0.5) is 11.4 Å². The van der Waals surface area contributed by atoms with Gasteiger partial charge in [-0.15, -0.1) is 12.3 Å². The molecule has 0 N–H and O–H groups in total. The lowest BCUT2D eigenvalue weighted by Crippen LogP contribution is -2.16. The van der Waals surface area contributed by atoms with Crippen LogP contribution in [-0.2, 0) is 6.42 Å². The van der Waals surface area contributed by atoms with E-state index in [1.165, 1.54) is 22.3 Å². The highest BCUT2D eigenvalue weighted by Crippen LogP contribution is 2.36. The quantitative estimate of drug-likeness (QED) is 0.232. The minimum Gasteiger partial charge on any atom is -0.311 e. The Balaban J connectivity index is 0.000000464. The first-order valence-electron chi connectivity index (χ1n) is 12.3. The Bertz CT molecular complexity index is 1290. The second-order valence-electron chi connectivity index (χ2n) is 8.34. The zero-order valence-electron chi connectivity index (χ0n) is 22.3. The number of fused-ring (bicyclic) bond motifs is 1. The number of hydrogen-bond donors (Lipinski definition) is 0. The van der Waals surface area contributed by atoms with Gasteiger partial charge >= 0.3 is 0 Å². The summed E-state index contributed by atoms with van der Waals surface area (Å²) < 4.78 is 1.09. The summed E-state index contributed by atoms with van der Waals surface area (Å²) in [5.74, 6) is 2.25. The van der Waals surface area contributed by atoms with Crippen LogP contribution in [0.3, 0.4) is 0 Å². The second-order valence-corrected chi connectivity index (χ2v) is 9.25. The van der Waals surface area contributed by atoms with E-state index in [2.05, 4.69) is 132 Å². The van der Waals surface area contributed by atoms with E-state index in [0.717, 1.165) is 28.0 Å². The Morgan fingerprint density at radius 2 is 1.49 bits per heavy atom. The van der Waals surface area contributed by atoms with Gasteiger partial charge in [-0.3, -0.25) is 0 Å². The second kappa shape index (κ2) is 16.0. The fourth-order valence-electron chi connectivity index (χ4n) is 3.69. The van der Waals surface area contributed by atoms with Gasteiger partial charge in [-0.1, -0.05) is 107 Å². The molecule has 2 heteroatoms. The molecule has 1 heterocycles. The number of halogens is 1. The number of nitrogens with zero attached hydrogens (tertiary/aromatic N) is 1. The first-order valence-corrected chi connectivity index (χ1v) is 13.1. The molecule has 0 fully saturated rings. The average molecular weight is 551 g/mol. The summed E-state index contributed by atoms with van der Waals surface area (Å²) >= 11 is 3.62. The Hall–Kier alpha value is -3.80. The van der Waals surface area contributed by atoms with Crippen LogP contribution in [0, 0.1) is 12.3 Å². The molecule has 0 atom stereocenters. The van der Waals surface area contributed by atoms with Crippen molar-refractivity contribution in [3.8, 4) is 23.5 Å². The molecule has 4 rings (SSSR count). The average Bonchev–Trinajstić information content (AvgIpc) is 2.97. The standard InChI is InChI=1S/C26H22BrN.C6H10.C3H4/c1-19-8-10-20(2)28(26-17-14-24(27)18-23(26)11-9-19)25-15-12-22(13-16-25)21-6-4-3-5-7-21;1-3-5-6-4-2;1-3-2/h3-10,12-18H,2,11H2,1H3;3-6H,1-2H3;1H,2H3/b10-8-,19-9-;5-3-,6-4-;. The van der Waals surface area contributed by atoms with Crippen molar-refractivity contribution in [2.24, 2.45) is 0 Å². The van der Waals surface area contributed by atoms with E-state index in [0.29, 0.717) is 0 Å². The molecule has 0 bridgehead atoms. The van der Waals surface area contributed by atoms with Crippen molar-refractivity contribution in [3.63, 3.8) is 0 Å². The van der Waals surface area contributed by atoms with E-state index in [4.69, 9.17) is 0 Å². The van der Waals surface area contributed by atoms with Gasteiger partial charge in [-0.2, -0.15) is 0 Å². The third-order valence-corrected chi connectivity index (χ3v) is 5.97. The first-order chi connectivity index (χ1) is 17.9. The monoisotopic (exact) mass is 549 g/mol. The summed E-state index contributed by atoms with van der Waals surface area (Å²) in [5, 5.41) is 0. The van der Waals surface area contributed by atoms with Gasteiger partial charge in [0, 0.05) is 21.5 Å². The Morgan fingerprint density at radius 1 is 0.892 bits per heavy atom. The number of rotatable bonds is 3. The van der Waals surface area contributed by atoms with Gasteiger partial charge in [-0.05, 0) is 87.2 Å². The van der Waals surface area contributed by atoms with E-state index in [-0.39, 0.29) is 0 Å². The molecule has 0 aliphatic carbocycles. The molecule has 0 amide bonds. The maximum atomic E-state index is 4.60. The lowest BCUT2D eigenvalue weighted by Gasteiger charge is -2.28. The minimum absolute atomic E-state index is 0.886. The molecule has 1 nitrogen and oxygen atoms in total. The third kappa shape index (κ3) is 9.30. The van der Waals surface area contributed by atoms with Crippen LogP contribution in [0.25, 0.3) is 11.1 Å². The number of benzene rings is 3. The van der Waals surface area contributed by atoms with Crippen LogP contribution >= 0.6 is 15.9 Å². The smallest absolute Gasteiger partial charge is 0.0497 e. The Morgan fingerprint density at radius 3 is 2.08 bits per heavy atom. The van der Waals surface area contributed by atoms with Gasteiger partial charge < -0.3 is 4.90 Å². The summed E-state index contributed by atoms with van der Waals surface area (Å²) in [5.41, 5.74) is 8.17. The van der Waals surface area contributed by atoms with Gasteiger partial charge in [-0.25, -0.2) is 0 Å². The molecule has 3 aromatic carbocycles. The molecule has 0 unspecified atom stereocenters. The lowest BCUT2D eigenvalue weighted by molar-refractivity contribution is 1.16. The van der Waals surface area contributed by atoms with Gasteiger partial charge in [0.15, 0.2) is 0 Å². The third-order valence-electron chi connectivity index (χ3n) is 5.48. The zero-order chi connectivity index (χ0) is 27.0. The van der Waals surface area contributed by atoms with Crippen LogP contribution in [0.2, 0.25) is 0 Å². The number of allylic oxidation sites excluding steroid dienone is 8. The number of terminal acetylenes is 1. The highest BCUT2D eigenvalue weighted by Gasteiger charge is 2.16. The molecule has 0 spiro atoms. The number of hydrogen-bond acceptors (Lipinski definition) is 1. The van der Waals surface area contributed by atoms with Crippen LogP contribution in [0.15, 0.2) is 138 Å². The van der Waals surface area contributed by atoms with Crippen LogP contribution < -0.4 is 4.90 Å². The van der Waals surface area contributed by atoms with Gasteiger partial charge in [0.1, 0.15) is 0 Å². The summed E-state index contributed by atoms with van der Waals surface area (Å²) in [7, 11) is 0. The van der Waals surface area contributed by atoms with E-state index in [1.54, 1.807) is 6.92 Å². The SMILES string of the molecule is C#CC.C/C=C\C=C/C.C=C1/C=C\C(C)=C/Cc2cc(Br)ccc2N1c1ccc(-c2ccccc2)cc1. The molecule has 1 aliphatic heterocycles. The maximum absolute atomic E-state index is 4.60.